The quantitative estimate of drug-likeness (QED) is 0.684. The van der Waals surface area contributed by atoms with Crippen LogP contribution in [0.2, 0.25) is 0 Å². The summed E-state index contributed by atoms with van der Waals surface area (Å²) in [4.78, 5) is 12.7. The number of carbonyl (C=O) groups excluding carboxylic acids is 1. The Hall–Kier alpha value is -3.12. The topological polar surface area (TPSA) is 75.3 Å². The molecule has 0 saturated heterocycles. The molecule has 138 valence electrons. The zero-order valence-electron chi connectivity index (χ0n) is 14.8. The van der Waals surface area contributed by atoms with Crippen molar-refractivity contribution in [3.8, 4) is 0 Å². The third kappa shape index (κ3) is 4.54. The summed E-state index contributed by atoms with van der Waals surface area (Å²) < 4.78 is 27.6. The van der Waals surface area contributed by atoms with Gasteiger partial charge in [0.2, 0.25) is 0 Å². The van der Waals surface area contributed by atoms with Gasteiger partial charge in [0, 0.05) is 12.1 Å². The van der Waals surface area contributed by atoms with E-state index in [1.54, 1.807) is 43.3 Å². The Morgan fingerprint density at radius 2 is 1.48 bits per heavy atom. The highest BCUT2D eigenvalue weighted by molar-refractivity contribution is 7.92. The first-order valence-electron chi connectivity index (χ1n) is 8.47. The number of hydrogen-bond donors (Lipinski definition) is 2. The van der Waals surface area contributed by atoms with Gasteiger partial charge >= 0.3 is 0 Å². The maximum absolute atomic E-state index is 12.5. The fourth-order valence-electron chi connectivity index (χ4n) is 2.67. The molecule has 0 bridgehead atoms. The minimum atomic E-state index is -3.72. The highest BCUT2D eigenvalue weighted by atomic mass is 32.2. The molecule has 2 N–H and O–H groups in total. The van der Waals surface area contributed by atoms with E-state index < -0.39 is 10.0 Å². The Labute approximate surface area is 159 Å². The molecule has 6 heteroatoms. The van der Waals surface area contributed by atoms with Crippen LogP contribution in [0, 0.1) is 6.92 Å². The SMILES string of the molecule is Cc1c(NS(=O)(=O)c2ccccc2)cccc1C(=O)NCc1ccccc1. The number of rotatable bonds is 6. The summed E-state index contributed by atoms with van der Waals surface area (Å²) in [5, 5.41) is 2.86. The number of anilines is 1. The fraction of sp³-hybridized carbons (Fsp3) is 0.0952. The zero-order chi connectivity index (χ0) is 19.3. The average molecular weight is 380 g/mol. The molecule has 3 rings (SSSR count). The van der Waals surface area contributed by atoms with Crippen molar-refractivity contribution in [1.82, 2.24) is 5.32 Å². The second-order valence-electron chi connectivity index (χ2n) is 6.06. The molecule has 3 aromatic carbocycles. The molecule has 5 nitrogen and oxygen atoms in total. The fourth-order valence-corrected chi connectivity index (χ4v) is 3.81. The largest absolute Gasteiger partial charge is 0.348 e. The molecule has 0 unspecified atom stereocenters. The molecule has 0 radical (unpaired) electrons. The smallest absolute Gasteiger partial charge is 0.261 e. The molecule has 0 aliphatic heterocycles. The van der Waals surface area contributed by atoms with Gasteiger partial charge in [-0.3, -0.25) is 9.52 Å². The lowest BCUT2D eigenvalue weighted by Crippen LogP contribution is -2.24. The number of carbonyl (C=O) groups is 1. The van der Waals surface area contributed by atoms with Crippen molar-refractivity contribution >= 4 is 21.6 Å². The average Bonchev–Trinajstić information content (AvgIpc) is 2.69. The van der Waals surface area contributed by atoms with Gasteiger partial charge in [0.25, 0.3) is 15.9 Å². The Morgan fingerprint density at radius 3 is 2.15 bits per heavy atom. The summed E-state index contributed by atoms with van der Waals surface area (Å²) >= 11 is 0. The van der Waals surface area contributed by atoms with Crippen LogP contribution in [0.1, 0.15) is 21.5 Å². The Bertz CT molecular complexity index is 1030. The second kappa shape index (κ2) is 8.05. The normalized spacial score (nSPS) is 11.0. The standard InChI is InChI=1S/C21H20N2O3S/c1-16-19(21(24)22-15-17-9-4-2-5-10-17)13-8-14-20(16)23-27(25,26)18-11-6-3-7-12-18/h2-14,23H,15H2,1H3,(H,22,24). The molecule has 3 aromatic rings. The molecule has 27 heavy (non-hydrogen) atoms. The van der Waals surface area contributed by atoms with Gasteiger partial charge in [0.15, 0.2) is 0 Å². The second-order valence-corrected chi connectivity index (χ2v) is 7.75. The highest BCUT2D eigenvalue weighted by Gasteiger charge is 2.17. The minimum Gasteiger partial charge on any atom is -0.348 e. The summed E-state index contributed by atoms with van der Waals surface area (Å²) in [5.41, 5.74) is 2.37. The van der Waals surface area contributed by atoms with E-state index in [0.29, 0.717) is 23.4 Å². The van der Waals surface area contributed by atoms with E-state index in [2.05, 4.69) is 10.0 Å². The molecule has 0 aromatic heterocycles. The van der Waals surface area contributed by atoms with E-state index in [1.807, 2.05) is 30.3 Å². The van der Waals surface area contributed by atoms with Crippen LogP contribution in [0.5, 0.6) is 0 Å². The molecular formula is C21H20N2O3S. The number of nitrogens with one attached hydrogen (secondary N) is 2. The van der Waals surface area contributed by atoms with Crippen LogP contribution in [0.3, 0.4) is 0 Å². The van der Waals surface area contributed by atoms with Crippen molar-refractivity contribution in [3.05, 3.63) is 95.6 Å². The van der Waals surface area contributed by atoms with Gasteiger partial charge in [-0.15, -0.1) is 0 Å². The van der Waals surface area contributed by atoms with Crippen molar-refractivity contribution in [2.24, 2.45) is 0 Å². The maximum Gasteiger partial charge on any atom is 0.261 e. The summed E-state index contributed by atoms with van der Waals surface area (Å²) in [6.07, 6.45) is 0. The van der Waals surface area contributed by atoms with Gasteiger partial charge in [0.05, 0.1) is 10.6 Å². The van der Waals surface area contributed by atoms with E-state index in [1.165, 1.54) is 12.1 Å². The maximum atomic E-state index is 12.5. The molecule has 1 amide bonds. The van der Waals surface area contributed by atoms with Crippen LogP contribution in [-0.4, -0.2) is 14.3 Å². The third-order valence-electron chi connectivity index (χ3n) is 4.17. The molecule has 0 spiro atoms. The van der Waals surface area contributed by atoms with Crippen LogP contribution in [-0.2, 0) is 16.6 Å². The number of hydrogen-bond acceptors (Lipinski definition) is 3. The Morgan fingerprint density at radius 1 is 0.852 bits per heavy atom. The molecule has 0 heterocycles. The molecule has 0 atom stereocenters. The predicted molar refractivity (Wildman–Crippen MR) is 106 cm³/mol. The van der Waals surface area contributed by atoms with Gasteiger partial charge in [0.1, 0.15) is 0 Å². The van der Waals surface area contributed by atoms with E-state index in [4.69, 9.17) is 0 Å². The lowest BCUT2D eigenvalue weighted by molar-refractivity contribution is 0.0950. The van der Waals surface area contributed by atoms with Crippen LogP contribution in [0.25, 0.3) is 0 Å². The first-order chi connectivity index (χ1) is 13.0. The van der Waals surface area contributed by atoms with Gasteiger partial charge in [-0.1, -0.05) is 54.6 Å². The summed E-state index contributed by atoms with van der Waals surface area (Å²) in [7, 11) is -3.72. The molecule has 0 aliphatic rings. The Kier molecular flexibility index (Phi) is 5.57. The zero-order valence-corrected chi connectivity index (χ0v) is 15.7. The van der Waals surface area contributed by atoms with Crippen LogP contribution < -0.4 is 10.0 Å². The first-order valence-corrected chi connectivity index (χ1v) is 9.95. The minimum absolute atomic E-state index is 0.170. The van der Waals surface area contributed by atoms with Gasteiger partial charge < -0.3 is 5.32 Å². The molecular weight excluding hydrogens is 360 g/mol. The molecule has 0 saturated carbocycles. The Balaban J connectivity index is 1.78. The van der Waals surface area contributed by atoms with Crippen LogP contribution >= 0.6 is 0 Å². The predicted octanol–water partition coefficient (Wildman–Crippen LogP) is 3.73. The van der Waals surface area contributed by atoms with Crippen LogP contribution in [0.15, 0.2) is 83.8 Å². The lowest BCUT2D eigenvalue weighted by atomic mass is 10.1. The number of benzene rings is 3. The van der Waals surface area contributed by atoms with E-state index >= 15 is 0 Å². The summed E-state index contributed by atoms with van der Waals surface area (Å²) in [6, 6.07) is 22.7. The van der Waals surface area contributed by atoms with Crippen molar-refractivity contribution in [1.29, 1.82) is 0 Å². The lowest BCUT2D eigenvalue weighted by Gasteiger charge is -2.14. The van der Waals surface area contributed by atoms with Crippen molar-refractivity contribution < 1.29 is 13.2 Å². The summed E-state index contributed by atoms with van der Waals surface area (Å²) in [5.74, 6) is -0.253. The third-order valence-corrected chi connectivity index (χ3v) is 5.55. The van der Waals surface area contributed by atoms with Crippen LogP contribution in [0.4, 0.5) is 5.69 Å². The molecule has 0 aliphatic carbocycles. The van der Waals surface area contributed by atoms with Gasteiger partial charge in [-0.2, -0.15) is 0 Å². The monoisotopic (exact) mass is 380 g/mol. The number of amides is 1. The van der Waals surface area contributed by atoms with E-state index in [0.717, 1.165) is 5.56 Å². The summed E-state index contributed by atoms with van der Waals surface area (Å²) in [6.45, 7) is 2.12. The van der Waals surface area contributed by atoms with E-state index in [-0.39, 0.29) is 10.8 Å². The molecule has 0 fully saturated rings. The highest BCUT2D eigenvalue weighted by Crippen LogP contribution is 2.22. The number of sulfonamides is 1. The van der Waals surface area contributed by atoms with Crippen molar-refractivity contribution in [3.63, 3.8) is 0 Å². The van der Waals surface area contributed by atoms with Crippen molar-refractivity contribution in [2.45, 2.75) is 18.4 Å². The van der Waals surface area contributed by atoms with Gasteiger partial charge in [-0.25, -0.2) is 8.42 Å². The first kappa shape index (κ1) is 18.7. The van der Waals surface area contributed by atoms with Crippen molar-refractivity contribution in [2.75, 3.05) is 4.72 Å². The van der Waals surface area contributed by atoms with E-state index in [9.17, 15) is 13.2 Å². The van der Waals surface area contributed by atoms with Gasteiger partial charge in [-0.05, 0) is 42.3 Å².